The Bertz CT molecular complexity index is 320. The lowest BCUT2D eigenvalue weighted by Gasteiger charge is -2.07. The van der Waals surface area contributed by atoms with Crippen LogP contribution in [0.25, 0.3) is 0 Å². The molecule has 0 saturated heterocycles. The molecule has 0 aromatic carbocycles. The van der Waals surface area contributed by atoms with E-state index in [1.807, 2.05) is 0 Å². The van der Waals surface area contributed by atoms with Gasteiger partial charge in [0.15, 0.2) is 0 Å². The Balaban J connectivity index is 1.68. The monoisotopic (exact) mass is 192 g/mol. The summed E-state index contributed by atoms with van der Waals surface area (Å²) in [4.78, 5) is 10.7. The minimum atomic E-state index is -0.805. The highest BCUT2D eigenvalue weighted by Crippen LogP contribution is 2.78. The fourth-order valence-corrected chi connectivity index (χ4v) is 4.22. The van der Waals surface area contributed by atoms with Gasteiger partial charge in [-0.05, 0) is 55.3 Å². The molecule has 4 unspecified atom stereocenters. The van der Waals surface area contributed by atoms with Gasteiger partial charge in [-0.1, -0.05) is 6.58 Å². The predicted molar refractivity (Wildman–Crippen MR) is 52.8 cm³/mol. The zero-order valence-electron chi connectivity index (χ0n) is 8.33. The molecule has 4 atom stereocenters. The van der Waals surface area contributed by atoms with Crippen molar-refractivity contribution < 1.29 is 9.90 Å². The van der Waals surface area contributed by atoms with Crippen molar-refractivity contribution in [2.75, 3.05) is 0 Å². The van der Waals surface area contributed by atoms with Gasteiger partial charge < -0.3 is 5.11 Å². The van der Waals surface area contributed by atoms with Gasteiger partial charge in [0.2, 0.25) is 0 Å². The maximum atomic E-state index is 10.7. The highest BCUT2D eigenvalue weighted by atomic mass is 16.4. The Morgan fingerprint density at radius 1 is 1.57 bits per heavy atom. The van der Waals surface area contributed by atoms with E-state index in [0.29, 0.717) is 16.9 Å². The van der Waals surface area contributed by atoms with Gasteiger partial charge in [-0.15, -0.1) is 0 Å². The third-order valence-corrected chi connectivity index (χ3v) is 4.90. The van der Waals surface area contributed by atoms with E-state index < -0.39 is 5.97 Å². The normalized spacial score (nSPS) is 47.6. The minimum Gasteiger partial charge on any atom is -0.478 e. The topological polar surface area (TPSA) is 37.3 Å². The Morgan fingerprint density at radius 3 is 2.86 bits per heavy atom. The van der Waals surface area contributed by atoms with Gasteiger partial charge in [0.05, 0.1) is 0 Å². The summed E-state index contributed by atoms with van der Waals surface area (Å²) in [7, 11) is 0. The highest BCUT2D eigenvalue weighted by molar-refractivity contribution is 5.85. The molecule has 1 spiro atoms. The molecule has 2 bridgehead atoms. The minimum absolute atomic E-state index is 0.419. The maximum absolute atomic E-state index is 10.7. The molecule has 0 aliphatic heterocycles. The van der Waals surface area contributed by atoms with Crippen LogP contribution in [0.1, 0.15) is 32.1 Å². The molecule has 3 aliphatic carbocycles. The number of carbonyl (C=O) groups is 1. The van der Waals surface area contributed by atoms with Crippen LogP contribution < -0.4 is 0 Å². The molecule has 2 nitrogen and oxygen atoms in total. The number of fused-ring (bicyclic) bond motifs is 1. The van der Waals surface area contributed by atoms with Crippen molar-refractivity contribution in [3.63, 3.8) is 0 Å². The van der Waals surface area contributed by atoms with Gasteiger partial charge in [-0.25, -0.2) is 4.79 Å². The van der Waals surface area contributed by atoms with Crippen LogP contribution >= 0.6 is 0 Å². The van der Waals surface area contributed by atoms with E-state index in [1.165, 1.54) is 25.7 Å². The third kappa shape index (κ3) is 0.891. The fourth-order valence-electron chi connectivity index (χ4n) is 4.22. The lowest BCUT2D eigenvalue weighted by atomic mass is 9.98. The van der Waals surface area contributed by atoms with E-state index in [2.05, 4.69) is 6.58 Å². The van der Waals surface area contributed by atoms with Crippen molar-refractivity contribution in [3.8, 4) is 0 Å². The van der Waals surface area contributed by atoms with Crippen LogP contribution in [0, 0.1) is 23.2 Å². The first-order chi connectivity index (χ1) is 6.63. The molecule has 3 aliphatic rings. The highest BCUT2D eigenvalue weighted by Gasteiger charge is 2.70. The first-order valence-electron chi connectivity index (χ1n) is 5.54. The van der Waals surface area contributed by atoms with E-state index in [4.69, 9.17) is 5.11 Å². The van der Waals surface area contributed by atoms with Crippen LogP contribution in [0.3, 0.4) is 0 Å². The summed E-state index contributed by atoms with van der Waals surface area (Å²) in [5.74, 6) is 1.71. The van der Waals surface area contributed by atoms with Crippen molar-refractivity contribution in [2.45, 2.75) is 32.1 Å². The number of rotatable bonds is 3. The Kier molecular flexibility index (Phi) is 1.47. The second-order valence-electron chi connectivity index (χ2n) is 5.40. The SMILES string of the molecule is C=C(CC1C2CC3CCC12C3)C(=O)O. The summed E-state index contributed by atoms with van der Waals surface area (Å²) in [5.41, 5.74) is 1.01. The Hall–Kier alpha value is -0.790. The van der Waals surface area contributed by atoms with Gasteiger partial charge in [-0.3, -0.25) is 0 Å². The molecular formula is C12H16O2. The van der Waals surface area contributed by atoms with Crippen LogP contribution in [-0.4, -0.2) is 11.1 Å². The van der Waals surface area contributed by atoms with Crippen molar-refractivity contribution in [1.29, 1.82) is 0 Å². The number of carboxylic acid groups (broad SMARTS) is 1. The molecule has 3 fully saturated rings. The fraction of sp³-hybridized carbons (Fsp3) is 0.750. The van der Waals surface area contributed by atoms with Crippen LogP contribution in [-0.2, 0) is 4.79 Å². The number of aliphatic carboxylic acids is 1. The molecule has 14 heavy (non-hydrogen) atoms. The summed E-state index contributed by atoms with van der Waals surface area (Å²) in [6, 6.07) is 0. The number of carboxylic acids is 1. The summed E-state index contributed by atoms with van der Waals surface area (Å²) < 4.78 is 0. The number of hydrogen-bond acceptors (Lipinski definition) is 1. The average Bonchev–Trinajstić information content (AvgIpc) is 2.53. The van der Waals surface area contributed by atoms with E-state index in [9.17, 15) is 4.79 Å². The van der Waals surface area contributed by atoms with Gasteiger partial charge >= 0.3 is 5.97 Å². The summed E-state index contributed by atoms with van der Waals surface area (Å²) in [6.07, 6.45) is 6.26. The molecule has 0 aromatic rings. The zero-order chi connectivity index (χ0) is 9.92. The van der Waals surface area contributed by atoms with Gasteiger partial charge in [0.25, 0.3) is 0 Å². The van der Waals surface area contributed by atoms with Crippen molar-refractivity contribution >= 4 is 5.97 Å². The van der Waals surface area contributed by atoms with Gasteiger partial charge in [0, 0.05) is 5.57 Å². The third-order valence-electron chi connectivity index (χ3n) is 4.90. The first-order valence-corrected chi connectivity index (χ1v) is 5.54. The Labute approximate surface area is 84.0 Å². The maximum Gasteiger partial charge on any atom is 0.330 e. The molecule has 0 heterocycles. The molecule has 2 heteroatoms. The first kappa shape index (κ1) is 8.51. The molecule has 0 amide bonds. The number of hydrogen-bond donors (Lipinski definition) is 1. The van der Waals surface area contributed by atoms with E-state index in [0.717, 1.165) is 18.3 Å². The van der Waals surface area contributed by atoms with Gasteiger partial charge in [0.1, 0.15) is 0 Å². The van der Waals surface area contributed by atoms with E-state index >= 15 is 0 Å². The Morgan fingerprint density at radius 2 is 2.36 bits per heavy atom. The van der Waals surface area contributed by atoms with Crippen molar-refractivity contribution in [2.24, 2.45) is 23.2 Å². The predicted octanol–water partition coefficient (Wildman–Crippen LogP) is 2.45. The molecular weight excluding hydrogens is 176 g/mol. The van der Waals surface area contributed by atoms with E-state index in [1.54, 1.807) is 0 Å². The summed E-state index contributed by atoms with van der Waals surface area (Å²) in [5, 5.41) is 8.79. The average molecular weight is 192 g/mol. The summed E-state index contributed by atoms with van der Waals surface area (Å²) in [6.45, 7) is 3.64. The van der Waals surface area contributed by atoms with Crippen molar-refractivity contribution in [1.82, 2.24) is 0 Å². The lowest BCUT2D eigenvalue weighted by molar-refractivity contribution is -0.132. The molecule has 3 saturated carbocycles. The molecule has 0 radical (unpaired) electrons. The van der Waals surface area contributed by atoms with Crippen LogP contribution in [0.4, 0.5) is 0 Å². The van der Waals surface area contributed by atoms with Crippen molar-refractivity contribution in [3.05, 3.63) is 12.2 Å². The molecule has 76 valence electrons. The second kappa shape index (κ2) is 2.41. The zero-order valence-corrected chi connectivity index (χ0v) is 8.33. The van der Waals surface area contributed by atoms with E-state index in [-0.39, 0.29) is 0 Å². The quantitative estimate of drug-likeness (QED) is 0.697. The largest absolute Gasteiger partial charge is 0.478 e. The standard InChI is InChI=1S/C12H16O2/c1-7(11(13)14)4-9-10-5-8-2-3-12(9,10)6-8/h8-10H,1-6H2,(H,13,14). The smallest absolute Gasteiger partial charge is 0.330 e. The summed E-state index contributed by atoms with van der Waals surface area (Å²) >= 11 is 0. The lowest BCUT2D eigenvalue weighted by Crippen LogP contribution is -2.04. The molecule has 1 N–H and O–H groups in total. The molecule has 0 aromatic heterocycles. The van der Waals surface area contributed by atoms with Crippen LogP contribution in [0.5, 0.6) is 0 Å². The second-order valence-corrected chi connectivity index (χ2v) is 5.40. The van der Waals surface area contributed by atoms with Crippen LogP contribution in [0.2, 0.25) is 0 Å². The van der Waals surface area contributed by atoms with Crippen LogP contribution in [0.15, 0.2) is 12.2 Å². The molecule has 3 rings (SSSR count). The van der Waals surface area contributed by atoms with Gasteiger partial charge in [-0.2, -0.15) is 0 Å².